The second kappa shape index (κ2) is 10.5. The molecule has 1 saturated heterocycles. The van der Waals surface area contributed by atoms with E-state index in [0.29, 0.717) is 36.6 Å². The van der Waals surface area contributed by atoms with Gasteiger partial charge in [-0.2, -0.15) is 9.98 Å². The predicted molar refractivity (Wildman–Crippen MR) is 130 cm³/mol. The Bertz CT molecular complexity index is 1280. The summed E-state index contributed by atoms with van der Waals surface area (Å²) in [5.41, 5.74) is 1.20. The average Bonchev–Trinajstić information content (AvgIpc) is 3.50. The molecule has 1 unspecified atom stereocenters. The van der Waals surface area contributed by atoms with Crippen LogP contribution in [0.4, 0.5) is 0 Å². The molecule has 1 aliphatic heterocycles. The zero-order chi connectivity index (χ0) is 24.1. The Hall–Kier alpha value is -3.09. The average molecular weight is 482 g/mol. The van der Waals surface area contributed by atoms with E-state index in [1.165, 1.54) is 0 Å². The number of aryl methyl sites for hydroxylation is 1. The first kappa shape index (κ1) is 24.0. The molecule has 4 rings (SSSR count). The van der Waals surface area contributed by atoms with Crippen LogP contribution >= 0.6 is 0 Å². The highest BCUT2D eigenvalue weighted by atomic mass is 32.2. The van der Waals surface area contributed by atoms with Crippen molar-refractivity contribution >= 4 is 26.8 Å². The third kappa shape index (κ3) is 5.18. The van der Waals surface area contributed by atoms with Gasteiger partial charge in [-0.3, -0.25) is 4.79 Å². The Balaban J connectivity index is 1.56. The van der Waals surface area contributed by atoms with Crippen molar-refractivity contribution in [2.24, 2.45) is 5.92 Å². The largest absolute Gasteiger partial charge is 0.361 e. The van der Waals surface area contributed by atoms with E-state index in [9.17, 15) is 18.5 Å². The molecule has 0 saturated carbocycles. The summed E-state index contributed by atoms with van der Waals surface area (Å²) < 4.78 is 31.3. The van der Waals surface area contributed by atoms with E-state index in [0.717, 1.165) is 31.2 Å². The fourth-order valence-electron chi connectivity index (χ4n) is 4.82. The molecule has 34 heavy (non-hydrogen) atoms. The van der Waals surface area contributed by atoms with E-state index in [4.69, 9.17) is 0 Å². The van der Waals surface area contributed by atoms with Crippen molar-refractivity contribution in [1.82, 2.24) is 19.2 Å². The molecular formula is C25H31N5O3S. The summed E-state index contributed by atoms with van der Waals surface area (Å²) in [4.78, 5) is 18.5. The minimum absolute atomic E-state index is 0.143. The SMILES string of the molecule is CCCC1CCN(C(=O)C(CCn2cccc2C#N)NS(=O)(=O)c2cccc3[nH]ccc23)CC1. The number of carbonyl (C=O) groups excluding carboxylic acids is 1. The molecule has 0 aliphatic carbocycles. The van der Waals surface area contributed by atoms with Crippen molar-refractivity contribution in [3.63, 3.8) is 0 Å². The second-order valence-corrected chi connectivity index (χ2v) is 10.6. The van der Waals surface area contributed by atoms with Gasteiger partial charge in [-0.15, -0.1) is 0 Å². The van der Waals surface area contributed by atoms with E-state index >= 15 is 0 Å². The van der Waals surface area contributed by atoms with Crippen LogP contribution in [0, 0.1) is 17.2 Å². The summed E-state index contributed by atoms with van der Waals surface area (Å²) in [6.07, 6.45) is 7.88. The molecule has 180 valence electrons. The van der Waals surface area contributed by atoms with Crippen molar-refractivity contribution in [2.45, 2.75) is 56.5 Å². The van der Waals surface area contributed by atoms with E-state index in [1.54, 1.807) is 52.2 Å². The summed E-state index contributed by atoms with van der Waals surface area (Å²) in [7, 11) is -3.96. The number of benzene rings is 1. The molecule has 8 nitrogen and oxygen atoms in total. The summed E-state index contributed by atoms with van der Waals surface area (Å²) >= 11 is 0. The Morgan fingerprint density at radius 3 is 2.76 bits per heavy atom. The van der Waals surface area contributed by atoms with Crippen LogP contribution < -0.4 is 4.72 Å². The summed E-state index contributed by atoms with van der Waals surface area (Å²) in [6.45, 7) is 3.81. The summed E-state index contributed by atoms with van der Waals surface area (Å²) in [5, 5.41) is 9.89. The smallest absolute Gasteiger partial charge is 0.241 e. The lowest BCUT2D eigenvalue weighted by Gasteiger charge is -2.34. The molecule has 1 fully saturated rings. The highest BCUT2D eigenvalue weighted by Gasteiger charge is 2.32. The Kier molecular flexibility index (Phi) is 7.39. The third-order valence-corrected chi connectivity index (χ3v) is 8.20. The molecule has 3 heterocycles. The zero-order valence-electron chi connectivity index (χ0n) is 19.4. The molecule has 3 aromatic rings. The molecule has 2 aromatic heterocycles. The van der Waals surface area contributed by atoms with Gasteiger partial charge in [-0.1, -0.05) is 25.8 Å². The lowest BCUT2D eigenvalue weighted by molar-refractivity contribution is -0.134. The molecule has 0 radical (unpaired) electrons. The van der Waals surface area contributed by atoms with Gasteiger partial charge in [0.2, 0.25) is 15.9 Å². The zero-order valence-corrected chi connectivity index (χ0v) is 20.2. The lowest BCUT2D eigenvalue weighted by atomic mass is 9.92. The van der Waals surface area contributed by atoms with Crippen molar-refractivity contribution in [2.75, 3.05) is 13.1 Å². The fraction of sp³-hybridized carbons (Fsp3) is 0.440. The molecule has 1 atom stereocenters. The standard InChI is InChI=1S/C25H31N5O3S/c1-2-5-19-10-15-30(16-11-19)25(31)23(12-17-29-14-4-6-20(29)18-26)28-34(32,33)24-8-3-7-22-21(24)9-13-27-22/h3-4,6-9,13-14,19,23,27-28H,2,5,10-12,15-17H2,1H3. The number of aromatic nitrogens is 2. The number of hydrogen-bond acceptors (Lipinski definition) is 4. The van der Waals surface area contributed by atoms with Crippen LogP contribution in [0.2, 0.25) is 0 Å². The number of amides is 1. The van der Waals surface area contributed by atoms with Crippen LogP contribution in [-0.2, 0) is 21.4 Å². The topological polar surface area (TPSA) is 111 Å². The molecule has 1 aliphatic rings. The van der Waals surface area contributed by atoms with Gasteiger partial charge in [0, 0.05) is 42.9 Å². The maximum atomic E-state index is 13.5. The van der Waals surface area contributed by atoms with Crippen molar-refractivity contribution in [1.29, 1.82) is 5.26 Å². The number of aromatic amines is 1. The van der Waals surface area contributed by atoms with Gasteiger partial charge in [-0.05, 0) is 55.5 Å². The van der Waals surface area contributed by atoms with Gasteiger partial charge in [-0.25, -0.2) is 8.42 Å². The number of likely N-dealkylation sites (tertiary alicyclic amines) is 1. The number of rotatable bonds is 9. The maximum absolute atomic E-state index is 13.5. The van der Waals surface area contributed by atoms with Crippen LogP contribution in [0.3, 0.4) is 0 Å². The number of piperidine rings is 1. The molecule has 0 bridgehead atoms. The minimum Gasteiger partial charge on any atom is -0.361 e. The first-order valence-corrected chi connectivity index (χ1v) is 13.3. The Morgan fingerprint density at radius 2 is 2.03 bits per heavy atom. The number of hydrogen-bond donors (Lipinski definition) is 2. The summed E-state index contributed by atoms with van der Waals surface area (Å²) in [6, 6.07) is 11.4. The lowest BCUT2D eigenvalue weighted by Crippen LogP contribution is -2.51. The molecule has 0 spiro atoms. The number of carbonyl (C=O) groups is 1. The highest BCUT2D eigenvalue weighted by Crippen LogP contribution is 2.25. The van der Waals surface area contributed by atoms with Gasteiger partial charge in [0.25, 0.3) is 0 Å². The molecule has 1 amide bonds. The predicted octanol–water partition coefficient (Wildman–Crippen LogP) is 3.62. The van der Waals surface area contributed by atoms with Crippen LogP contribution in [0.15, 0.2) is 53.7 Å². The number of fused-ring (bicyclic) bond motifs is 1. The number of sulfonamides is 1. The summed E-state index contributed by atoms with van der Waals surface area (Å²) in [5.74, 6) is 0.416. The van der Waals surface area contributed by atoms with Crippen LogP contribution in [0.25, 0.3) is 10.9 Å². The highest BCUT2D eigenvalue weighted by molar-refractivity contribution is 7.89. The van der Waals surface area contributed by atoms with E-state index in [2.05, 4.69) is 22.7 Å². The van der Waals surface area contributed by atoms with E-state index in [1.807, 2.05) is 6.07 Å². The van der Waals surface area contributed by atoms with E-state index in [-0.39, 0.29) is 17.2 Å². The molecule has 1 aromatic carbocycles. The number of nitriles is 1. The van der Waals surface area contributed by atoms with Gasteiger partial charge >= 0.3 is 0 Å². The van der Waals surface area contributed by atoms with E-state index < -0.39 is 16.1 Å². The van der Waals surface area contributed by atoms with Gasteiger partial charge in [0.15, 0.2) is 0 Å². The minimum atomic E-state index is -3.96. The maximum Gasteiger partial charge on any atom is 0.241 e. The Labute approximate surface area is 200 Å². The second-order valence-electron chi connectivity index (χ2n) is 8.91. The number of nitrogens with zero attached hydrogens (tertiary/aromatic N) is 3. The number of nitrogens with one attached hydrogen (secondary N) is 2. The Morgan fingerprint density at radius 1 is 1.24 bits per heavy atom. The molecule has 9 heteroatoms. The molecular weight excluding hydrogens is 450 g/mol. The fourth-order valence-corrected chi connectivity index (χ4v) is 6.27. The van der Waals surface area contributed by atoms with Gasteiger partial charge in [0.05, 0.1) is 4.90 Å². The van der Waals surface area contributed by atoms with Crippen LogP contribution in [0.1, 0.15) is 44.7 Å². The first-order valence-electron chi connectivity index (χ1n) is 11.9. The quantitative estimate of drug-likeness (QED) is 0.486. The van der Waals surface area contributed by atoms with Crippen LogP contribution in [-0.4, -0.2) is 47.9 Å². The molecule has 2 N–H and O–H groups in total. The first-order chi connectivity index (χ1) is 16.4. The monoisotopic (exact) mass is 481 g/mol. The van der Waals surface area contributed by atoms with Crippen molar-refractivity contribution < 1.29 is 13.2 Å². The number of H-pyrrole nitrogens is 1. The van der Waals surface area contributed by atoms with Crippen molar-refractivity contribution in [3.05, 3.63) is 54.5 Å². The van der Waals surface area contributed by atoms with Gasteiger partial charge < -0.3 is 14.5 Å². The normalized spacial score (nSPS) is 15.9. The van der Waals surface area contributed by atoms with Crippen LogP contribution in [0.5, 0.6) is 0 Å². The van der Waals surface area contributed by atoms with Crippen molar-refractivity contribution in [3.8, 4) is 6.07 Å². The van der Waals surface area contributed by atoms with Gasteiger partial charge in [0.1, 0.15) is 17.8 Å². The third-order valence-electron chi connectivity index (χ3n) is 6.67.